The molecule has 0 saturated heterocycles. The van der Waals surface area contributed by atoms with E-state index in [0.29, 0.717) is 44.0 Å². The van der Waals surface area contributed by atoms with Gasteiger partial charge in [0, 0.05) is 24.8 Å². The average molecular weight is 384 g/mol. The van der Waals surface area contributed by atoms with E-state index in [0.717, 1.165) is 36.3 Å². The van der Waals surface area contributed by atoms with Crippen LogP contribution in [0.5, 0.6) is 11.5 Å². The average Bonchev–Trinajstić information content (AvgIpc) is 2.72. The van der Waals surface area contributed by atoms with Gasteiger partial charge in [-0.25, -0.2) is 0 Å². The normalized spacial score (nSPS) is 12.9. The minimum atomic E-state index is -0.208. The molecule has 6 nitrogen and oxygen atoms in total. The van der Waals surface area contributed by atoms with Crippen LogP contribution in [0, 0.1) is 0 Å². The third-order valence-electron chi connectivity index (χ3n) is 4.80. The standard InChI is InChI=1S/C22H28N2O4/c1-3-13-28-17-10-8-16(9-11-17)15-23-22(26)21-18-7-5-6-12-24(18)20(25)14-19(21)27-4-2/h8-11,14H,3-7,12-13,15H2,1-2H3,(H,23,26). The van der Waals surface area contributed by atoms with E-state index >= 15 is 0 Å². The Morgan fingerprint density at radius 1 is 1.14 bits per heavy atom. The molecule has 1 aliphatic rings. The maximum Gasteiger partial charge on any atom is 0.257 e. The predicted octanol–water partition coefficient (Wildman–Crippen LogP) is 3.30. The number of amides is 1. The third kappa shape index (κ3) is 4.55. The van der Waals surface area contributed by atoms with Gasteiger partial charge in [-0.3, -0.25) is 9.59 Å². The van der Waals surface area contributed by atoms with Crippen molar-refractivity contribution in [3.63, 3.8) is 0 Å². The zero-order valence-corrected chi connectivity index (χ0v) is 16.6. The van der Waals surface area contributed by atoms with Gasteiger partial charge in [0.1, 0.15) is 17.1 Å². The van der Waals surface area contributed by atoms with Crippen LogP contribution in [-0.2, 0) is 19.5 Å². The highest BCUT2D eigenvalue weighted by Gasteiger charge is 2.24. The lowest BCUT2D eigenvalue weighted by molar-refractivity contribution is 0.0944. The molecule has 0 atom stereocenters. The highest BCUT2D eigenvalue weighted by molar-refractivity contribution is 5.98. The Morgan fingerprint density at radius 3 is 2.64 bits per heavy atom. The van der Waals surface area contributed by atoms with Crippen molar-refractivity contribution in [3.05, 3.63) is 57.5 Å². The zero-order chi connectivity index (χ0) is 19.9. The van der Waals surface area contributed by atoms with Crippen LogP contribution < -0.4 is 20.3 Å². The second-order valence-electron chi connectivity index (χ2n) is 6.89. The van der Waals surface area contributed by atoms with Crippen LogP contribution in [0.25, 0.3) is 0 Å². The Bertz CT molecular complexity index is 871. The lowest BCUT2D eigenvalue weighted by Crippen LogP contribution is -2.33. The van der Waals surface area contributed by atoms with Gasteiger partial charge in [0.15, 0.2) is 0 Å². The van der Waals surface area contributed by atoms with E-state index in [1.165, 1.54) is 6.07 Å². The number of nitrogens with zero attached hydrogens (tertiary/aromatic N) is 1. The number of carbonyl (C=O) groups excluding carboxylic acids is 1. The number of rotatable bonds is 8. The first-order chi connectivity index (χ1) is 13.6. The number of pyridine rings is 1. The van der Waals surface area contributed by atoms with Crippen LogP contribution in [0.2, 0.25) is 0 Å². The lowest BCUT2D eigenvalue weighted by atomic mass is 10.0. The van der Waals surface area contributed by atoms with Crippen LogP contribution in [0.3, 0.4) is 0 Å². The molecule has 0 spiro atoms. The lowest BCUT2D eigenvalue weighted by Gasteiger charge is -2.23. The molecule has 0 fully saturated rings. The molecule has 0 bridgehead atoms. The Labute approximate surface area is 165 Å². The maximum atomic E-state index is 13.0. The van der Waals surface area contributed by atoms with Crippen LogP contribution in [0.1, 0.15) is 54.7 Å². The number of carbonyl (C=O) groups is 1. The molecule has 1 aliphatic heterocycles. The number of hydrogen-bond acceptors (Lipinski definition) is 4. The molecule has 1 aromatic heterocycles. The SMILES string of the molecule is CCCOc1ccc(CNC(=O)c2c(OCC)cc(=O)n3c2CCCC3)cc1. The highest BCUT2D eigenvalue weighted by atomic mass is 16.5. The van der Waals surface area contributed by atoms with Gasteiger partial charge in [-0.05, 0) is 50.3 Å². The molecule has 28 heavy (non-hydrogen) atoms. The van der Waals surface area contributed by atoms with E-state index < -0.39 is 0 Å². The van der Waals surface area contributed by atoms with Crippen molar-refractivity contribution in [2.45, 2.75) is 52.6 Å². The fourth-order valence-electron chi connectivity index (χ4n) is 3.45. The molecule has 1 aromatic carbocycles. The summed E-state index contributed by atoms with van der Waals surface area (Å²) in [6.07, 6.45) is 3.59. The summed E-state index contributed by atoms with van der Waals surface area (Å²) in [5.41, 5.74) is 2.15. The summed E-state index contributed by atoms with van der Waals surface area (Å²) in [6, 6.07) is 9.14. The van der Waals surface area contributed by atoms with E-state index in [1.807, 2.05) is 31.2 Å². The molecular formula is C22H28N2O4. The molecule has 0 radical (unpaired) electrons. The monoisotopic (exact) mass is 384 g/mol. The molecule has 150 valence electrons. The van der Waals surface area contributed by atoms with Gasteiger partial charge in [-0.2, -0.15) is 0 Å². The first-order valence-electron chi connectivity index (χ1n) is 10.0. The van der Waals surface area contributed by atoms with E-state index in [-0.39, 0.29) is 11.5 Å². The van der Waals surface area contributed by atoms with Gasteiger partial charge in [-0.15, -0.1) is 0 Å². The fourth-order valence-corrected chi connectivity index (χ4v) is 3.45. The smallest absolute Gasteiger partial charge is 0.257 e. The van der Waals surface area contributed by atoms with Crippen LogP contribution >= 0.6 is 0 Å². The van der Waals surface area contributed by atoms with Crippen molar-refractivity contribution in [2.75, 3.05) is 13.2 Å². The van der Waals surface area contributed by atoms with Crippen LogP contribution in [-0.4, -0.2) is 23.7 Å². The summed E-state index contributed by atoms with van der Waals surface area (Å²) in [5, 5.41) is 2.97. The van der Waals surface area contributed by atoms with Crippen molar-refractivity contribution in [2.24, 2.45) is 0 Å². The first kappa shape index (κ1) is 20.0. The number of fused-ring (bicyclic) bond motifs is 1. The van der Waals surface area contributed by atoms with Crippen molar-refractivity contribution >= 4 is 5.91 Å². The quantitative estimate of drug-likeness (QED) is 0.758. The molecule has 3 rings (SSSR count). The minimum Gasteiger partial charge on any atom is -0.494 e. The summed E-state index contributed by atoms with van der Waals surface area (Å²) < 4.78 is 12.9. The number of ether oxygens (including phenoxy) is 2. The minimum absolute atomic E-state index is 0.0997. The summed E-state index contributed by atoms with van der Waals surface area (Å²) in [5.74, 6) is 0.994. The Kier molecular flexibility index (Phi) is 6.74. The number of hydrogen-bond donors (Lipinski definition) is 1. The van der Waals surface area contributed by atoms with Crippen molar-refractivity contribution in [1.82, 2.24) is 9.88 Å². The third-order valence-corrected chi connectivity index (χ3v) is 4.80. The number of aromatic nitrogens is 1. The van der Waals surface area contributed by atoms with Gasteiger partial charge in [0.2, 0.25) is 0 Å². The Morgan fingerprint density at radius 2 is 1.93 bits per heavy atom. The second-order valence-corrected chi connectivity index (χ2v) is 6.89. The maximum absolute atomic E-state index is 13.0. The molecular weight excluding hydrogens is 356 g/mol. The van der Waals surface area contributed by atoms with Gasteiger partial charge < -0.3 is 19.4 Å². The largest absolute Gasteiger partial charge is 0.494 e. The molecule has 2 aromatic rings. The Hall–Kier alpha value is -2.76. The second kappa shape index (κ2) is 9.44. The molecule has 1 amide bonds. The fraction of sp³-hybridized carbons (Fsp3) is 0.455. The molecule has 1 N–H and O–H groups in total. The van der Waals surface area contributed by atoms with Crippen molar-refractivity contribution in [1.29, 1.82) is 0 Å². The molecule has 0 aliphatic carbocycles. The molecule has 0 saturated carbocycles. The van der Waals surface area contributed by atoms with E-state index in [4.69, 9.17) is 9.47 Å². The number of benzene rings is 1. The number of nitrogens with one attached hydrogen (secondary N) is 1. The van der Waals surface area contributed by atoms with Crippen molar-refractivity contribution < 1.29 is 14.3 Å². The predicted molar refractivity (Wildman–Crippen MR) is 108 cm³/mol. The summed E-state index contributed by atoms with van der Waals surface area (Å²) in [6.45, 7) is 6.06. The summed E-state index contributed by atoms with van der Waals surface area (Å²) >= 11 is 0. The van der Waals surface area contributed by atoms with Gasteiger partial charge in [0.05, 0.1) is 13.2 Å². The first-order valence-corrected chi connectivity index (χ1v) is 10.0. The summed E-state index contributed by atoms with van der Waals surface area (Å²) in [4.78, 5) is 25.3. The molecule has 6 heteroatoms. The van der Waals surface area contributed by atoms with Gasteiger partial charge >= 0.3 is 0 Å². The van der Waals surface area contributed by atoms with E-state index in [1.54, 1.807) is 4.57 Å². The van der Waals surface area contributed by atoms with E-state index in [9.17, 15) is 9.59 Å². The topological polar surface area (TPSA) is 69.6 Å². The Balaban J connectivity index is 1.77. The highest BCUT2D eigenvalue weighted by Crippen LogP contribution is 2.25. The van der Waals surface area contributed by atoms with Gasteiger partial charge in [0.25, 0.3) is 11.5 Å². The zero-order valence-electron chi connectivity index (χ0n) is 16.6. The van der Waals surface area contributed by atoms with Crippen molar-refractivity contribution in [3.8, 4) is 11.5 Å². The van der Waals surface area contributed by atoms with Crippen LogP contribution in [0.4, 0.5) is 0 Å². The molecule has 0 unspecified atom stereocenters. The summed E-state index contributed by atoms with van der Waals surface area (Å²) in [7, 11) is 0. The van der Waals surface area contributed by atoms with E-state index in [2.05, 4.69) is 12.2 Å². The van der Waals surface area contributed by atoms with Gasteiger partial charge in [-0.1, -0.05) is 19.1 Å². The molecule has 2 heterocycles. The van der Waals surface area contributed by atoms with Crippen LogP contribution in [0.15, 0.2) is 35.1 Å².